The van der Waals surface area contributed by atoms with E-state index >= 15 is 0 Å². The van der Waals surface area contributed by atoms with Gasteiger partial charge < -0.3 is 5.32 Å². The van der Waals surface area contributed by atoms with Crippen LogP contribution in [0.5, 0.6) is 0 Å². The molecule has 0 aromatic heterocycles. The van der Waals surface area contributed by atoms with Gasteiger partial charge in [0.25, 0.3) is 10.0 Å². The van der Waals surface area contributed by atoms with Crippen LogP contribution in [0.1, 0.15) is 16.7 Å². The molecule has 1 amide bonds. The monoisotopic (exact) mass is 483 g/mol. The molecule has 6 nitrogen and oxygen atoms in total. The number of hydrogen-bond acceptors (Lipinski definition) is 4. The number of anilines is 2. The molecule has 0 aliphatic carbocycles. The molecule has 0 saturated heterocycles. The van der Waals surface area contributed by atoms with E-state index in [1.807, 2.05) is 26.0 Å². The molecule has 0 fully saturated rings. The second kappa shape index (κ2) is 10.4. The predicted octanol–water partition coefficient (Wildman–Crippen LogP) is 4.77. The lowest BCUT2D eigenvalue weighted by Crippen LogP contribution is -2.32. The van der Waals surface area contributed by atoms with Crippen molar-refractivity contribution in [2.24, 2.45) is 0 Å². The number of benzene rings is 3. The summed E-state index contributed by atoms with van der Waals surface area (Å²) in [7, 11) is -3.76. The molecule has 0 aliphatic rings. The zero-order chi connectivity index (χ0) is 24.0. The van der Waals surface area contributed by atoms with Crippen LogP contribution in [0.2, 0.25) is 0 Å². The number of hydrogen-bond donors (Lipinski definition) is 3. The number of sulfonamides is 1. The van der Waals surface area contributed by atoms with Gasteiger partial charge in [0.1, 0.15) is 5.82 Å². The van der Waals surface area contributed by atoms with Gasteiger partial charge in [-0.15, -0.1) is 0 Å². The lowest BCUT2D eigenvalue weighted by Gasteiger charge is -2.12. The Bertz CT molecular complexity index is 1300. The summed E-state index contributed by atoms with van der Waals surface area (Å²) < 4.78 is 40.9. The summed E-state index contributed by atoms with van der Waals surface area (Å²) in [5.41, 5.74) is 3.55. The fourth-order valence-electron chi connectivity index (χ4n) is 2.91. The Morgan fingerprint density at radius 3 is 2.27 bits per heavy atom. The minimum absolute atomic E-state index is 0.0489. The van der Waals surface area contributed by atoms with E-state index in [0.29, 0.717) is 16.9 Å². The first-order chi connectivity index (χ1) is 15.6. The van der Waals surface area contributed by atoms with E-state index in [9.17, 15) is 17.6 Å². The number of aryl methyl sites for hydroxylation is 2. The van der Waals surface area contributed by atoms with E-state index in [1.54, 1.807) is 30.3 Å². The third-order valence-corrected chi connectivity index (χ3v) is 6.17. The number of nitrogens with one attached hydrogen (secondary N) is 3. The average Bonchev–Trinajstić information content (AvgIpc) is 2.75. The quantitative estimate of drug-likeness (QED) is 0.347. The highest BCUT2D eigenvalue weighted by molar-refractivity contribution is 7.92. The van der Waals surface area contributed by atoms with Crippen molar-refractivity contribution in [1.82, 2.24) is 5.32 Å². The van der Waals surface area contributed by atoms with Gasteiger partial charge in [-0.2, -0.15) is 0 Å². The van der Waals surface area contributed by atoms with Gasteiger partial charge in [-0.3, -0.25) is 14.8 Å². The third-order valence-electron chi connectivity index (χ3n) is 4.58. The number of carbonyl (C=O) groups excluding carboxylic acids is 1. The fraction of sp³-hybridized carbons (Fsp3) is 0.0833. The van der Waals surface area contributed by atoms with E-state index in [2.05, 4.69) is 15.4 Å². The van der Waals surface area contributed by atoms with Crippen molar-refractivity contribution in [2.45, 2.75) is 18.7 Å². The molecule has 0 atom stereocenters. The summed E-state index contributed by atoms with van der Waals surface area (Å²) in [5, 5.41) is 5.36. The van der Waals surface area contributed by atoms with Crippen LogP contribution in [0.15, 0.2) is 77.7 Å². The topological polar surface area (TPSA) is 87.3 Å². The minimum atomic E-state index is -3.76. The van der Waals surface area contributed by atoms with Gasteiger partial charge in [-0.25, -0.2) is 12.8 Å². The first-order valence-electron chi connectivity index (χ1n) is 9.88. The van der Waals surface area contributed by atoms with E-state index in [1.165, 1.54) is 36.4 Å². The zero-order valence-corrected chi connectivity index (χ0v) is 19.6. The van der Waals surface area contributed by atoms with E-state index in [0.717, 1.165) is 11.1 Å². The first-order valence-corrected chi connectivity index (χ1v) is 11.8. The van der Waals surface area contributed by atoms with Crippen LogP contribution in [0, 0.1) is 19.7 Å². The predicted molar refractivity (Wildman–Crippen MR) is 133 cm³/mol. The zero-order valence-electron chi connectivity index (χ0n) is 17.9. The highest BCUT2D eigenvalue weighted by Gasteiger charge is 2.15. The lowest BCUT2D eigenvalue weighted by molar-refractivity contribution is -0.115. The van der Waals surface area contributed by atoms with Gasteiger partial charge >= 0.3 is 0 Å². The molecule has 3 rings (SSSR count). The van der Waals surface area contributed by atoms with Crippen LogP contribution in [0.3, 0.4) is 0 Å². The van der Waals surface area contributed by atoms with Crippen LogP contribution in [-0.4, -0.2) is 19.4 Å². The van der Waals surface area contributed by atoms with Crippen LogP contribution < -0.4 is 15.4 Å². The minimum Gasteiger partial charge on any atom is -0.332 e. The molecule has 0 spiro atoms. The molecular formula is C24H22FN3O3S2. The summed E-state index contributed by atoms with van der Waals surface area (Å²) in [5.74, 6) is -0.824. The van der Waals surface area contributed by atoms with Crippen molar-refractivity contribution in [3.05, 3.63) is 95.3 Å². The molecule has 0 heterocycles. The summed E-state index contributed by atoms with van der Waals surface area (Å²) >= 11 is 5.12. The van der Waals surface area contributed by atoms with E-state index in [4.69, 9.17) is 12.2 Å². The van der Waals surface area contributed by atoms with Crippen LogP contribution in [0.4, 0.5) is 15.8 Å². The fourth-order valence-corrected chi connectivity index (χ4v) is 4.26. The highest BCUT2D eigenvalue weighted by Crippen LogP contribution is 2.21. The van der Waals surface area contributed by atoms with Crippen molar-refractivity contribution in [1.29, 1.82) is 0 Å². The highest BCUT2D eigenvalue weighted by atomic mass is 32.2. The Morgan fingerprint density at radius 2 is 1.64 bits per heavy atom. The van der Waals surface area contributed by atoms with Gasteiger partial charge in [0, 0.05) is 11.8 Å². The Balaban J connectivity index is 1.58. The average molecular weight is 484 g/mol. The van der Waals surface area contributed by atoms with Gasteiger partial charge in [0.15, 0.2) is 5.11 Å². The molecule has 0 aliphatic heterocycles. The maximum atomic E-state index is 12.9. The lowest BCUT2D eigenvalue weighted by atomic mass is 10.1. The molecule has 0 unspecified atom stereocenters. The molecule has 0 radical (unpaired) electrons. The van der Waals surface area contributed by atoms with E-state index in [-0.39, 0.29) is 15.8 Å². The molecule has 9 heteroatoms. The molecule has 0 saturated carbocycles. The summed E-state index contributed by atoms with van der Waals surface area (Å²) in [6.45, 7) is 3.77. The SMILES string of the molecule is Cc1ccc(NS(=O)(=O)c2ccc(NC(=S)NC(=O)C=Cc3ccc(F)cc3)cc2)c(C)c1. The molecule has 3 aromatic rings. The molecular weight excluding hydrogens is 461 g/mol. The van der Waals surface area contributed by atoms with Gasteiger partial charge in [-0.05, 0) is 85.7 Å². The Hall–Kier alpha value is -3.56. The number of halogens is 1. The molecule has 0 bridgehead atoms. The Morgan fingerprint density at radius 1 is 0.970 bits per heavy atom. The van der Waals surface area contributed by atoms with Crippen molar-refractivity contribution in [3.8, 4) is 0 Å². The second-order valence-corrected chi connectivity index (χ2v) is 9.37. The number of thiocarbonyl (C=S) groups is 1. The Kier molecular flexibility index (Phi) is 7.57. The molecule has 3 N–H and O–H groups in total. The van der Waals surface area contributed by atoms with Crippen molar-refractivity contribution < 1.29 is 17.6 Å². The molecule has 33 heavy (non-hydrogen) atoms. The first kappa shape index (κ1) is 24.1. The van der Waals surface area contributed by atoms with Crippen molar-refractivity contribution in [2.75, 3.05) is 10.0 Å². The number of amides is 1. The van der Waals surface area contributed by atoms with Gasteiger partial charge in [0.05, 0.1) is 10.6 Å². The van der Waals surface area contributed by atoms with Gasteiger partial charge in [0.2, 0.25) is 5.91 Å². The summed E-state index contributed by atoms with van der Waals surface area (Å²) in [4.78, 5) is 12.1. The van der Waals surface area contributed by atoms with Crippen molar-refractivity contribution >= 4 is 50.7 Å². The maximum absolute atomic E-state index is 12.9. The summed E-state index contributed by atoms with van der Waals surface area (Å²) in [6, 6.07) is 17.1. The summed E-state index contributed by atoms with van der Waals surface area (Å²) in [6.07, 6.45) is 2.80. The second-order valence-electron chi connectivity index (χ2n) is 7.28. The normalized spacial score (nSPS) is 11.2. The Labute approximate surface area is 197 Å². The largest absolute Gasteiger partial charge is 0.332 e. The number of rotatable bonds is 6. The van der Waals surface area contributed by atoms with Crippen LogP contribution in [0.25, 0.3) is 6.08 Å². The maximum Gasteiger partial charge on any atom is 0.261 e. The number of carbonyl (C=O) groups is 1. The van der Waals surface area contributed by atoms with Crippen molar-refractivity contribution in [3.63, 3.8) is 0 Å². The standard InChI is InChI=1S/C24H22FN3O3S2/c1-16-3-13-22(17(2)15-16)28-33(30,31)21-11-9-20(10-12-21)26-24(32)27-23(29)14-6-18-4-7-19(25)8-5-18/h3-15,28H,1-2H3,(H2,26,27,29,32). The van der Waals surface area contributed by atoms with Crippen LogP contribution >= 0.6 is 12.2 Å². The van der Waals surface area contributed by atoms with Crippen LogP contribution in [-0.2, 0) is 14.8 Å². The van der Waals surface area contributed by atoms with Gasteiger partial charge in [-0.1, -0.05) is 29.8 Å². The van der Waals surface area contributed by atoms with E-state index < -0.39 is 15.9 Å². The smallest absolute Gasteiger partial charge is 0.261 e. The molecule has 170 valence electrons. The third kappa shape index (κ3) is 6.96. The molecule has 3 aromatic carbocycles.